The summed E-state index contributed by atoms with van der Waals surface area (Å²) >= 11 is 1.46. The van der Waals surface area contributed by atoms with Crippen molar-refractivity contribution < 1.29 is 9.53 Å². The van der Waals surface area contributed by atoms with E-state index in [0.29, 0.717) is 19.0 Å². The molecule has 0 spiro atoms. The number of aryl methyl sites for hydroxylation is 1. The normalized spacial score (nSPS) is 23.4. The van der Waals surface area contributed by atoms with Crippen LogP contribution in [0, 0.1) is 6.92 Å². The second kappa shape index (κ2) is 6.34. The zero-order valence-corrected chi connectivity index (χ0v) is 12.3. The average Bonchev–Trinajstić information content (AvgIpc) is 2.36. The van der Waals surface area contributed by atoms with E-state index in [1.807, 2.05) is 31.7 Å². The highest BCUT2D eigenvalue weighted by Gasteiger charge is 2.29. The Hall–Kier alpha value is -1.14. The summed E-state index contributed by atoms with van der Waals surface area (Å²) in [5.74, 6) is 0.551. The van der Waals surface area contributed by atoms with Gasteiger partial charge in [-0.15, -0.1) is 0 Å². The number of rotatable bonds is 3. The maximum Gasteiger partial charge on any atom is 0.233 e. The Labute approximate surface area is 117 Å². The Morgan fingerprint density at radius 3 is 2.74 bits per heavy atom. The molecule has 0 bridgehead atoms. The van der Waals surface area contributed by atoms with Crippen LogP contribution in [0.5, 0.6) is 0 Å². The van der Waals surface area contributed by atoms with Crippen LogP contribution in [0.25, 0.3) is 0 Å². The fourth-order valence-electron chi connectivity index (χ4n) is 2.22. The van der Waals surface area contributed by atoms with Crippen LogP contribution >= 0.6 is 11.8 Å². The molecule has 1 aromatic heterocycles. The molecule has 1 aromatic rings. The third-order valence-electron chi connectivity index (χ3n) is 3.08. The van der Waals surface area contributed by atoms with Gasteiger partial charge in [-0.05, 0) is 26.8 Å². The van der Waals surface area contributed by atoms with E-state index in [4.69, 9.17) is 4.74 Å². The Balaban J connectivity index is 1.93. The lowest BCUT2D eigenvalue weighted by molar-refractivity contribution is -0.141. The summed E-state index contributed by atoms with van der Waals surface area (Å²) in [4.78, 5) is 22.4. The molecule has 5 nitrogen and oxygen atoms in total. The summed E-state index contributed by atoms with van der Waals surface area (Å²) in [6.07, 6.45) is 1.53. The molecule has 2 atom stereocenters. The van der Waals surface area contributed by atoms with Crippen molar-refractivity contribution in [3.8, 4) is 0 Å². The number of aromatic nitrogens is 2. The molecule has 0 N–H and O–H groups in total. The second-order valence-electron chi connectivity index (χ2n) is 4.82. The van der Waals surface area contributed by atoms with Gasteiger partial charge in [-0.2, -0.15) is 0 Å². The Kier molecular flexibility index (Phi) is 4.76. The minimum Gasteiger partial charge on any atom is -0.377 e. The average molecular weight is 281 g/mol. The Morgan fingerprint density at radius 1 is 1.42 bits per heavy atom. The van der Waals surface area contributed by atoms with E-state index in [0.717, 1.165) is 10.7 Å². The lowest BCUT2D eigenvalue weighted by Gasteiger charge is -2.38. The molecule has 0 aliphatic carbocycles. The zero-order valence-electron chi connectivity index (χ0n) is 11.5. The number of hydrogen-bond donors (Lipinski definition) is 0. The van der Waals surface area contributed by atoms with Crippen molar-refractivity contribution in [1.82, 2.24) is 14.9 Å². The van der Waals surface area contributed by atoms with E-state index in [9.17, 15) is 4.79 Å². The molecule has 0 aromatic carbocycles. The number of ether oxygens (including phenoxy) is 1. The highest BCUT2D eigenvalue weighted by molar-refractivity contribution is 7.99. The van der Waals surface area contributed by atoms with Crippen LogP contribution in [0.2, 0.25) is 0 Å². The van der Waals surface area contributed by atoms with Crippen LogP contribution in [0.3, 0.4) is 0 Å². The molecule has 104 valence electrons. The molecule has 1 saturated heterocycles. The van der Waals surface area contributed by atoms with Crippen molar-refractivity contribution >= 4 is 17.7 Å². The molecule has 0 saturated carbocycles. The molecular weight excluding hydrogens is 262 g/mol. The van der Waals surface area contributed by atoms with E-state index < -0.39 is 0 Å². The molecule has 1 aliphatic heterocycles. The summed E-state index contributed by atoms with van der Waals surface area (Å²) < 4.78 is 5.43. The molecule has 0 radical (unpaired) electrons. The predicted octanol–water partition coefficient (Wildman–Crippen LogP) is 1.51. The first-order valence-electron chi connectivity index (χ1n) is 6.38. The molecule has 1 amide bonds. The summed E-state index contributed by atoms with van der Waals surface area (Å²) in [6.45, 7) is 7.19. The topological polar surface area (TPSA) is 55.3 Å². The van der Waals surface area contributed by atoms with Crippen molar-refractivity contribution in [3.63, 3.8) is 0 Å². The fourth-order valence-corrected chi connectivity index (χ4v) is 3.01. The lowest BCUT2D eigenvalue weighted by atomic mass is 10.2. The minimum atomic E-state index is 0.143. The maximum absolute atomic E-state index is 12.3. The summed E-state index contributed by atoms with van der Waals surface area (Å²) in [5.41, 5.74) is 0.915. The molecule has 1 fully saturated rings. The number of thioether (sulfide) groups is 1. The number of nitrogens with zero attached hydrogens (tertiary/aromatic N) is 3. The van der Waals surface area contributed by atoms with Crippen molar-refractivity contribution in [2.24, 2.45) is 0 Å². The highest BCUT2D eigenvalue weighted by Crippen LogP contribution is 2.19. The lowest BCUT2D eigenvalue weighted by Crippen LogP contribution is -2.53. The number of carbonyl (C=O) groups excluding carboxylic acids is 1. The van der Waals surface area contributed by atoms with Gasteiger partial charge < -0.3 is 9.64 Å². The van der Waals surface area contributed by atoms with Gasteiger partial charge in [-0.3, -0.25) is 4.79 Å². The first-order chi connectivity index (χ1) is 9.08. The molecule has 0 unspecified atom stereocenters. The zero-order chi connectivity index (χ0) is 13.8. The van der Waals surface area contributed by atoms with E-state index in [2.05, 4.69) is 9.97 Å². The fraction of sp³-hybridized carbons (Fsp3) is 0.615. The molecule has 1 aliphatic rings. The van der Waals surface area contributed by atoms with Crippen LogP contribution < -0.4 is 0 Å². The van der Waals surface area contributed by atoms with Gasteiger partial charge in [0.1, 0.15) is 11.4 Å². The van der Waals surface area contributed by atoms with Gasteiger partial charge in [-0.25, -0.2) is 9.97 Å². The summed E-state index contributed by atoms with van der Waals surface area (Å²) in [6, 6.07) is 2.18. The summed E-state index contributed by atoms with van der Waals surface area (Å²) in [7, 11) is 0. The van der Waals surface area contributed by atoms with Crippen molar-refractivity contribution in [2.45, 2.75) is 37.9 Å². The van der Waals surface area contributed by atoms with Crippen molar-refractivity contribution in [2.75, 3.05) is 19.0 Å². The number of carbonyl (C=O) groups is 1. The van der Waals surface area contributed by atoms with Crippen LogP contribution in [0.15, 0.2) is 17.4 Å². The van der Waals surface area contributed by atoms with E-state index >= 15 is 0 Å². The van der Waals surface area contributed by atoms with E-state index in [1.165, 1.54) is 18.1 Å². The van der Waals surface area contributed by atoms with Crippen LogP contribution in [0.1, 0.15) is 19.5 Å². The molecule has 2 heterocycles. The Bertz CT molecular complexity index is 445. The Morgan fingerprint density at radius 2 is 2.11 bits per heavy atom. The SMILES string of the molecule is Cc1cc(SCC(=O)N2[C@@H](C)COC[C@@H]2C)ncn1. The van der Waals surface area contributed by atoms with Crippen molar-refractivity contribution in [3.05, 3.63) is 18.1 Å². The third-order valence-corrected chi connectivity index (χ3v) is 3.99. The molecular formula is C13H19N3O2S. The van der Waals surface area contributed by atoms with Crippen LogP contribution in [-0.4, -0.2) is 51.8 Å². The van der Waals surface area contributed by atoms with Gasteiger partial charge in [0.2, 0.25) is 5.91 Å². The van der Waals surface area contributed by atoms with E-state index in [-0.39, 0.29) is 18.0 Å². The van der Waals surface area contributed by atoms with E-state index in [1.54, 1.807) is 0 Å². The van der Waals surface area contributed by atoms with Gasteiger partial charge in [0.05, 0.1) is 31.1 Å². The first kappa shape index (κ1) is 14.3. The predicted molar refractivity (Wildman–Crippen MR) is 74.1 cm³/mol. The standard InChI is InChI=1S/C13H19N3O2S/c1-9-4-12(15-8-14-9)19-7-13(17)16-10(2)5-18-6-11(16)3/h4,8,10-11H,5-7H2,1-3H3/t10-,11-/m0/s1. The van der Waals surface area contributed by atoms with Gasteiger partial charge in [0.15, 0.2) is 0 Å². The highest BCUT2D eigenvalue weighted by atomic mass is 32.2. The largest absolute Gasteiger partial charge is 0.377 e. The number of morpholine rings is 1. The van der Waals surface area contributed by atoms with Gasteiger partial charge in [0.25, 0.3) is 0 Å². The minimum absolute atomic E-state index is 0.143. The maximum atomic E-state index is 12.3. The molecule has 2 rings (SSSR count). The quantitative estimate of drug-likeness (QED) is 0.621. The van der Waals surface area contributed by atoms with Crippen LogP contribution in [-0.2, 0) is 9.53 Å². The number of hydrogen-bond acceptors (Lipinski definition) is 5. The van der Waals surface area contributed by atoms with Gasteiger partial charge in [-0.1, -0.05) is 11.8 Å². The first-order valence-corrected chi connectivity index (χ1v) is 7.37. The molecule has 6 heteroatoms. The van der Waals surface area contributed by atoms with Crippen molar-refractivity contribution in [1.29, 1.82) is 0 Å². The van der Waals surface area contributed by atoms with Gasteiger partial charge in [0, 0.05) is 5.69 Å². The second-order valence-corrected chi connectivity index (χ2v) is 5.82. The monoisotopic (exact) mass is 281 g/mol. The number of amides is 1. The molecule has 19 heavy (non-hydrogen) atoms. The van der Waals surface area contributed by atoms with Gasteiger partial charge >= 0.3 is 0 Å². The van der Waals surface area contributed by atoms with Crippen LogP contribution in [0.4, 0.5) is 0 Å². The smallest absolute Gasteiger partial charge is 0.233 e. The summed E-state index contributed by atoms with van der Waals surface area (Å²) in [5, 5.41) is 0.842. The third kappa shape index (κ3) is 3.67.